The van der Waals surface area contributed by atoms with Crippen molar-refractivity contribution in [3.05, 3.63) is 33.8 Å². The molecule has 16 heavy (non-hydrogen) atoms. The van der Waals surface area contributed by atoms with Crippen LogP contribution < -0.4 is 0 Å². The summed E-state index contributed by atoms with van der Waals surface area (Å²) in [6, 6.07) is 5.54. The molecule has 3 nitrogen and oxygen atoms in total. The first-order valence-corrected chi connectivity index (χ1v) is 5.90. The molecule has 1 amide bonds. The van der Waals surface area contributed by atoms with Crippen molar-refractivity contribution < 1.29 is 9.90 Å². The Balaban J connectivity index is 2.88. The van der Waals surface area contributed by atoms with Gasteiger partial charge in [-0.3, -0.25) is 4.79 Å². The van der Waals surface area contributed by atoms with E-state index in [0.29, 0.717) is 12.1 Å². The fourth-order valence-electron chi connectivity index (χ4n) is 1.55. The molecular formula is C12H16BrNO2. The number of benzene rings is 1. The minimum absolute atomic E-state index is 0.0640. The third kappa shape index (κ3) is 3.32. The van der Waals surface area contributed by atoms with Gasteiger partial charge < -0.3 is 10.0 Å². The molecule has 0 unspecified atom stereocenters. The third-order valence-corrected chi connectivity index (χ3v) is 2.80. The molecule has 0 aromatic heterocycles. The molecule has 88 valence electrons. The highest BCUT2D eigenvalue weighted by Crippen LogP contribution is 2.17. The van der Waals surface area contributed by atoms with Crippen molar-refractivity contribution in [2.75, 3.05) is 13.6 Å². The Morgan fingerprint density at radius 1 is 1.56 bits per heavy atom. The molecule has 0 aliphatic heterocycles. The number of aliphatic hydroxyl groups excluding tert-OH is 1. The number of carbonyl (C=O) groups excluding carboxylic acids is 1. The zero-order valence-electron chi connectivity index (χ0n) is 9.70. The van der Waals surface area contributed by atoms with E-state index in [1.807, 2.05) is 19.1 Å². The lowest BCUT2D eigenvalue weighted by Gasteiger charge is -2.19. The Labute approximate surface area is 104 Å². The summed E-state index contributed by atoms with van der Waals surface area (Å²) in [5.41, 5.74) is 1.60. The summed E-state index contributed by atoms with van der Waals surface area (Å²) in [7, 11) is 1.69. The summed E-state index contributed by atoms with van der Waals surface area (Å²) in [4.78, 5) is 13.5. The predicted octanol–water partition coefficient (Wildman–Crippen LogP) is 2.21. The van der Waals surface area contributed by atoms with E-state index >= 15 is 0 Å². The molecule has 1 N–H and O–H groups in total. The Kier molecular flexibility index (Phi) is 4.50. The Bertz CT molecular complexity index is 391. The summed E-state index contributed by atoms with van der Waals surface area (Å²) in [6.45, 7) is 3.90. The molecule has 0 saturated heterocycles. The summed E-state index contributed by atoms with van der Waals surface area (Å²) in [5.74, 6) is -0.0640. The molecule has 0 spiro atoms. The summed E-state index contributed by atoms with van der Waals surface area (Å²) < 4.78 is 0.958. The summed E-state index contributed by atoms with van der Waals surface area (Å²) in [5, 5.41) is 9.23. The molecule has 1 atom stereocenters. The Morgan fingerprint density at radius 2 is 2.19 bits per heavy atom. The van der Waals surface area contributed by atoms with E-state index in [9.17, 15) is 9.90 Å². The van der Waals surface area contributed by atoms with Gasteiger partial charge in [0.1, 0.15) is 0 Å². The molecular weight excluding hydrogens is 270 g/mol. The molecule has 0 radical (unpaired) electrons. The van der Waals surface area contributed by atoms with Crippen molar-refractivity contribution in [2.24, 2.45) is 0 Å². The van der Waals surface area contributed by atoms with Crippen LogP contribution in [0.3, 0.4) is 0 Å². The van der Waals surface area contributed by atoms with Crippen LogP contribution in [0, 0.1) is 6.92 Å². The predicted molar refractivity (Wildman–Crippen MR) is 67.5 cm³/mol. The van der Waals surface area contributed by atoms with Crippen LogP contribution in [0.25, 0.3) is 0 Å². The number of hydrogen-bond donors (Lipinski definition) is 1. The van der Waals surface area contributed by atoms with Gasteiger partial charge in [-0.15, -0.1) is 0 Å². The zero-order chi connectivity index (χ0) is 12.3. The molecule has 0 fully saturated rings. The minimum atomic E-state index is -0.510. The molecule has 0 heterocycles. The second-order valence-corrected chi connectivity index (χ2v) is 4.91. The molecule has 0 aliphatic rings. The number of halogens is 1. The van der Waals surface area contributed by atoms with Crippen LogP contribution in [-0.4, -0.2) is 35.6 Å². The van der Waals surface area contributed by atoms with E-state index < -0.39 is 6.10 Å². The maximum atomic E-state index is 12.0. The number of likely N-dealkylation sites (N-methyl/N-ethyl adjacent to an activating group) is 1. The van der Waals surface area contributed by atoms with Crippen LogP contribution >= 0.6 is 15.9 Å². The van der Waals surface area contributed by atoms with Crippen molar-refractivity contribution in [3.8, 4) is 0 Å². The van der Waals surface area contributed by atoms with E-state index in [1.54, 1.807) is 20.0 Å². The topological polar surface area (TPSA) is 40.5 Å². The van der Waals surface area contributed by atoms with Crippen LogP contribution in [-0.2, 0) is 0 Å². The lowest BCUT2D eigenvalue weighted by molar-refractivity contribution is 0.0703. The molecule has 1 rings (SSSR count). The largest absolute Gasteiger partial charge is 0.392 e. The molecule has 4 heteroatoms. The second-order valence-electron chi connectivity index (χ2n) is 3.99. The number of hydrogen-bond acceptors (Lipinski definition) is 2. The number of aryl methyl sites for hydroxylation is 1. The van der Waals surface area contributed by atoms with Gasteiger partial charge in [-0.1, -0.05) is 15.9 Å². The third-order valence-electron chi connectivity index (χ3n) is 2.30. The quantitative estimate of drug-likeness (QED) is 0.925. The van der Waals surface area contributed by atoms with Crippen molar-refractivity contribution >= 4 is 21.8 Å². The minimum Gasteiger partial charge on any atom is -0.392 e. The van der Waals surface area contributed by atoms with E-state index in [0.717, 1.165) is 10.0 Å². The van der Waals surface area contributed by atoms with Gasteiger partial charge in [0, 0.05) is 23.6 Å². The molecule has 1 aromatic rings. The van der Waals surface area contributed by atoms with Gasteiger partial charge in [-0.25, -0.2) is 0 Å². The maximum absolute atomic E-state index is 12.0. The van der Waals surface area contributed by atoms with Crippen molar-refractivity contribution in [3.63, 3.8) is 0 Å². The zero-order valence-corrected chi connectivity index (χ0v) is 11.3. The highest BCUT2D eigenvalue weighted by Gasteiger charge is 2.15. The average molecular weight is 286 g/mol. The summed E-state index contributed by atoms with van der Waals surface area (Å²) in [6.07, 6.45) is -0.510. The lowest BCUT2D eigenvalue weighted by Crippen LogP contribution is -2.33. The molecule has 0 saturated carbocycles. The van der Waals surface area contributed by atoms with E-state index in [4.69, 9.17) is 0 Å². The fourth-order valence-corrected chi connectivity index (χ4v) is 2.03. The van der Waals surface area contributed by atoms with Crippen molar-refractivity contribution in [1.29, 1.82) is 0 Å². The molecule has 1 aromatic carbocycles. The first-order valence-electron chi connectivity index (χ1n) is 5.11. The van der Waals surface area contributed by atoms with Gasteiger partial charge in [0.25, 0.3) is 5.91 Å². The van der Waals surface area contributed by atoms with E-state index in [1.165, 1.54) is 4.90 Å². The smallest absolute Gasteiger partial charge is 0.253 e. The maximum Gasteiger partial charge on any atom is 0.253 e. The molecule has 0 aliphatic carbocycles. The van der Waals surface area contributed by atoms with Gasteiger partial charge >= 0.3 is 0 Å². The van der Waals surface area contributed by atoms with Crippen molar-refractivity contribution in [1.82, 2.24) is 4.90 Å². The van der Waals surface area contributed by atoms with E-state index in [-0.39, 0.29) is 5.91 Å². The monoisotopic (exact) mass is 285 g/mol. The number of aliphatic hydroxyl groups is 1. The van der Waals surface area contributed by atoms with Gasteiger partial charge in [-0.05, 0) is 37.6 Å². The fraction of sp³-hybridized carbons (Fsp3) is 0.417. The normalized spacial score (nSPS) is 12.3. The highest BCUT2D eigenvalue weighted by atomic mass is 79.9. The number of amides is 1. The van der Waals surface area contributed by atoms with Crippen LogP contribution in [0.2, 0.25) is 0 Å². The van der Waals surface area contributed by atoms with Gasteiger partial charge in [0.05, 0.1) is 6.10 Å². The number of rotatable bonds is 3. The number of nitrogens with zero attached hydrogens (tertiary/aromatic N) is 1. The lowest BCUT2D eigenvalue weighted by atomic mass is 10.1. The van der Waals surface area contributed by atoms with Gasteiger partial charge in [-0.2, -0.15) is 0 Å². The van der Waals surface area contributed by atoms with E-state index in [2.05, 4.69) is 15.9 Å². The van der Waals surface area contributed by atoms with Crippen LogP contribution in [0.15, 0.2) is 22.7 Å². The second kappa shape index (κ2) is 5.46. The standard InChI is InChI=1S/C12H16BrNO2/c1-8-6-10(13)4-5-11(8)12(16)14(3)7-9(2)15/h4-6,9,15H,7H2,1-3H3/t9-/m1/s1. The Hall–Kier alpha value is -0.870. The SMILES string of the molecule is Cc1cc(Br)ccc1C(=O)N(C)C[C@@H](C)O. The highest BCUT2D eigenvalue weighted by molar-refractivity contribution is 9.10. The first-order chi connectivity index (χ1) is 7.41. The first kappa shape index (κ1) is 13.2. The Morgan fingerprint density at radius 3 is 2.69 bits per heavy atom. The van der Waals surface area contributed by atoms with Crippen molar-refractivity contribution in [2.45, 2.75) is 20.0 Å². The van der Waals surface area contributed by atoms with Gasteiger partial charge in [0.2, 0.25) is 0 Å². The van der Waals surface area contributed by atoms with Crippen LogP contribution in [0.4, 0.5) is 0 Å². The molecule has 0 bridgehead atoms. The average Bonchev–Trinajstić information content (AvgIpc) is 2.15. The number of carbonyl (C=O) groups is 1. The van der Waals surface area contributed by atoms with Gasteiger partial charge in [0.15, 0.2) is 0 Å². The van der Waals surface area contributed by atoms with Crippen LogP contribution in [0.5, 0.6) is 0 Å². The summed E-state index contributed by atoms with van der Waals surface area (Å²) >= 11 is 3.36. The van der Waals surface area contributed by atoms with Crippen LogP contribution in [0.1, 0.15) is 22.8 Å².